The minimum atomic E-state index is -0.447. The summed E-state index contributed by atoms with van der Waals surface area (Å²) in [6.45, 7) is 2.13. The molecule has 4 aromatic rings. The molecule has 156 valence electrons. The molecular formula is C23H23N7O. The number of carbonyl (C=O) groups excluding carboxylic acids is 1. The molecule has 0 unspecified atom stereocenters. The molecule has 4 heterocycles. The van der Waals surface area contributed by atoms with E-state index in [-0.39, 0.29) is 0 Å². The van der Waals surface area contributed by atoms with E-state index in [1.807, 2.05) is 41.1 Å². The Morgan fingerprint density at radius 2 is 1.74 bits per heavy atom. The van der Waals surface area contributed by atoms with Crippen molar-refractivity contribution in [2.24, 2.45) is 5.73 Å². The summed E-state index contributed by atoms with van der Waals surface area (Å²) in [6.07, 6.45) is 11.0. The molecule has 3 aromatic heterocycles. The van der Waals surface area contributed by atoms with Gasteiger partial charge < -0.3 is 16.0 Å². The van der Waals surface area contributed by atoms with E-state index in [0.717, 1.165) is 35.9 Å². The monoisotopic (exact) mass is 413 g/mol. The quantitative estimate of drug-likeness (QED) is 0.518. The Labute approximate surface area is 179 Å². The second kappa shape index (κ2) is 8.06. The third-order valence-electron chi connectivity index (χ3n) is 5.58. The van der Waals surface area contributed by atoms with E-state index in [4.69, 9.17) is 5.73 Å². The highest BCUT2D eigenvalue weighted by Gasteiger charge is 2.13. The minimum absolute atomic E-state index is 0.447. The van der Waals surface area contributed by atoms with Crippen molar-refractivity contribution in [3.05, 3.63) is 66.7 Å². The van der Waals surface area contributed by atoms with Crippen LogP contribution in [0.5, 0.6) is 0 Å². The average Bonchev–Trinajstić information content (AvgIpc) is 3.31. The summed E-state index contributed by atoms with van der Waals surface area (Å²) in [4.78, 5) is 27.4. The van der Waals surface area contributed by atoms with Crippen molar-refractivity contribution in [2.45, 2.75) is 19.3 Å². The van der Waals surface area contributed by atoms with E-state index in [9.17, 15) is 4.79 Å². The molecule has 0 spiro atoms. The number of imidazole rings is 1. The Balaban J connectivity index is 1.40. The molecule has 1 aliphatic heterocycles. The van der Waals surface area contributed by atoms with Crippen molar-refractivity contribution in [3.63, 3.8) is 0 Å². The number of pyridine rings is 1. The number of carbonyl (C=O) groups is 1. The summed E-state index contributed by atoms with van der Waals surface area (Å²) < 4.78 is 1.96. The molecule has 0 radical (unpaired) electrons. The molecule has 31 heavy (non-hydrogen) atoms. The van der Waals surface area contributed by atoms with Crippen LogP contribution < -0.4 is 16.0 Å². The van der Waals surface area contributed by atoms with E-state index in [2.05, 4.69) is 25.2 Å². The number of nitrogens with zero attached hydrogens (tertiary/aromatic N) is 5. The predicted octanol–water partition coefficient (Wildman–Crippen LogP) is 3.62. The Kier molecular flexibility index (Phi) is 4.95. The normalized spacial score (nSPS) is 14.0. The molecule has 0 bridgehead atoms. The van der Waals surface area contributed by atoms with Crippen LogP contribution in [-0.4, -0.2) is 38.3 Å². The lowest BCUT2D eigenvalue weighted by atomic mass is 10.1. The number of fused-ring (bicyclic) bond motifs is 1. The number of aromatic nitrogens is 4. The van der Waals surface area contributed by atoms with Crippen LogP contribution in [0.2, 0.25) is 0 Å². The van der Waals surface area contributed by atoms with Crippen LogP contribution in [0.25, 0.3) is 16.9 Å². The number of piperidine rings is 1. The van der Waals surface area contributed by atoms with Gasteiger partial charge in [0.25, 0.3) is 0 Å². The molecule has 8 heteroatoms. The number of rotatable bonds is 5. The van der Waals surface area contributed by atoms with E-state index in [1.54, 1.807) is 24.5 Å². The standard InChI is InChI=1S/C23H23N7O/c24-21(31)17-6-4-16(5-7-17)19-15-27-22(23-25-10-13-30(19)23)28-18-8-9-20(26-14-18)29-11-2-1-3-12-29/h4-10,13-15H,1-3,11-12H2,(H2,24,31)(H,27,28). The summed E-state index contributed by atoms with van der Waals surface area (Å²) in [5, 5.41) is 3.33. The van der Waals surface area contributed by atoms with Crippen molar-refractivity contribution >= 4 is 28.9 Å². The van der Waals surface area contributed by atoms with Crippen LogP contribution in [0, 0.1) is 0 Å². The van der Waals surface area contributed by atoms with Gasteiger partial charge in [-0.1, -0.05) is 12.1 Å². The second-order valence-corrected chi connectivity index (χ2v) is 7.63. The van der Waals surface area contributed by atoms with Crippen molar-refractivity contribution < 1.29 is 4.79 Å². The Bertz CT molecular complexity index is 1210. The van der Waals surface area contributed by atoms with Crippen LogP contribution >= 0.6 is 0 Å². The number of primary amides is 1. The zero-order valence-electron chi connectivity index (χ0n) is 17.0. The molecule has 3 N–H and O–H groups in total. The number of nitrogens with one attached hydrogen (secondary N) is 1. The summed E-state index contributed by atoms with van der Waals surface area (Å²) in [5.74, 6) is 1.21. The lowest BCUT2D eigenvalue weighted by Gasteiger charge is -2.27. The average molecular weight is 413 g/mol. The zero-order valence-corrected chi connectivity index (χ0v) is 17.0. The van der Waals surface area contributed by atoms with Crippen molar-refractivity contribution in [2.75, 3.05) is 23.3 Å². The summed E-state index contributed by atoms with van der Waals surface area (Å²) in [5.41, 5.74) is 9.16. The molecule has 8 nitrogen and oxygen atoms in total. The van der Waals surface area contributed by atoms with Crippen LogP contribution in [0.1, 0.15) is 29.6 Å². The van der Waals surface area contributed by atoms with E-state index in [0.29, 0.717) is 17.0 Å². The second-order valence-electron chi connectivity index (χ2n) is 7.63. The van der Waals surface area contributed by atoms with Gasteiger partial charge >= 0.3 is 0 Å². The van der Waals surface area contributed by atoms with Crippen molar-refractivity contribution in [1.29, 1.82) is 0 Å². The molecule has 5 rings (SSSR count). The third-order valence-corrected chi connectivity index (χ3v) is 5.58. The first-order valence-electron chi connectivity index (χ1n) is 10.4. The number of hydrogen-bond donors (Lipinski definition) is 2. The number of anilines is 3. The van der Waals surface area contributed by atoms with Gasteiger partial charge in [-0.2, -0.15) is 0 Å². The van der Waals surface area contributed by atoms with Gasteiger partial charge in [0, 0.05) is 36.6 Å². The fourth-order valence-corrected chi connectivity index (χ4v) is 3.93. The van der Waals surface area contributed by atoms with Crippen LogP contribution in [0.3, 0.4) is 0 Å². The van der Waals surface area contributed by atoms with Gasteiger partial charge in [0.05, 0.1) is 23.8 Å². The van der Waals surface area contributed by atoms with Gasteiger partial charge in [0.2, 0.25) is 5.91 Å². The third kappa shape index (κ3) is 3.79. The maximum atomic E-state index is 11.3. The summed E-state index contributed by atoms with van der Waals surface area (Å²) in [7, 11) is 0. The summed E-state index contributed by atoms with van der Waals surface area (Å²) in [6, 6.07) is 11.2. The fraction of sp³-hybridized carbons (Fsp3) is 0.217. The minimum Gasteiger partial charge on any atom is -0.366 e. The maximum Gasteiger partial charge on any atom is 0.248 e. The van der Waals surface area contributed by atoms with Crippen molar-refractivity contribution in [1.82, 2.24) is 19.4 Å². The number of amides is 1. The Hall–Kier alpha value is -3.94. The topological polar surface area (TPSA) is 101 Å². The number of nitrogens with two attached hydrogens (primary N) is 1. The molecule has 0 saturated carbocycles. The van der Waals surface area contributed by atoms with Gasteiger partial charge in [-0.05, 0) is 43.5 Å². The molecule has 0 atom stereocenters. The molecule has 1 fully saturated rings. The lowest BCUT2D eigenvalue weighted by Crippen LogP contribution is -2.29. The highest BCUT2D eigenvalue weighted by atomic mass is 16.1. The lowest BCUT2D eigenvalue weighted by molar-refractivity contribution is 0.100. The van der Waals surface area contributed by atoms with Gasteiger partial charge in [-0.25, -0.2) is 15.0 Å². The van der Waals surface area contributed by atoms with Crippen LogP contribution in [0.15, 0.2) is 61.2 Å². The first-order chi connectivity index (χ1) is 15.2. The molecule has 0 aliphatic carbocycles. The largest absolute Gasteiger partial charge is 0.366 e. The zero-order chi connectivity index (χ0) is 21.2. The molecule has 1 amide bonds. The van der Waals surface area contributed by atoms with Gasteiger partial charge in [-0.3, -0.25) is 9.20 Å². The molecule has 1 aliphatic rings. The SMILES string of the molecule is NC(=O)c1ccc(-c2cnc(Nc3ccc(N4CCCCC4)nc3)c3nccn23)cc1. The van der Waals surface area contributed by atoms with E-state index >= 15 is 0 Å². The van der Waals surface area contributed by atoms with Crippen LogP contribution in [-0.2, 0) is 0 Å². The van der Waals surface area contributed by atoms with E-state index < -0.39 is 5.91 Å². The van der Waals surface area contributed by atoms with Gasteiger partial charge in [0.1, 0.15) is 5.82 Å². The molecule has 1 aromatic carbocycles. The number of hydrogen-bond acceptors (Lipinski definition) is 6. The first-order valence-corrected chi connectivity index (χ1v) is 10.4. The Morgan fingerprint density at radius 3 is 2.45 bits per heavy atom. The predicted molar refractivity (Wildman–Crippen MR) is 121 cm³/mol. The number of benzene rings is 1. The highest BCUT2D eigenvalue weighted by molar-refractivity contribution is 5.93. The van der Waals surface area contributed by atoms with E-state index in [1.165, 1.54) is 19.3 Å². The smallest absolute Gasteiger partial charge is 0.248 e. The molecule has 1 saturated heterocycles. The van der Waals surface area contributed by atoms with Crippen molar-refractivity contribution in [3.8, 4) is 11.3 Å². The van der Waals surface area contributed by atoms with Gasteiger partial charge in [-0.15, -0.1) is 0 Å². The van der Waals surface area contributed by atoms with Gasteiger partial charge in [0.15, 0.2) is 11.5 Å². The first kappa shape index (κ1) is 19.0. The highest BCUT2D eigenvalue weighted by Crippen LogP contribution is 2.26. The molecular weight excluding hydrogens is 390 g/mol. The summed E-state index contributed by atoms with van der Waals surface area (Å²) >= 11 is 0. The Morgan fingerprint density at radius 1 is 0.935 bits per heavy atom. The fourth-order valence-electron chi connectivity index (χ4n) is 3.93. The maximum absolute atomic E-state index is 11.3. The van der Waals surface area contributed by atoms with Crippen LogP contribution in [0.4, 0.5) is 17.3 Å².